The SMILES string of the molecule is CCC[C@@H]1C[C@H](C(=O)N[C@@H]([C@H]2O[C@H](SC)[C@H](O)[C@@H](O)[C@H]2O)[C@@H](C)Cl)[NH+](C)C1. The van der Waals surface area contributed by atoms with Gasteiger partial charge in [0.05, 0.1) is 25.0 Å². The van der Waals surface area contributed by atoms with Crippen molar-refractivity contribution < 1.29 is 29.8 Å². The summed E-state index contributed by atoms with van der Waals surface area (Å²) in [6.45, 7) is 4.84. The van der Waals surface area contributed by atoms with E-state index in [-0.39, 0.29) is 11.9 Å². The molecular formula is C18H34ClN2O5S+. The topological polar surface area (TPSA) is 103 Å². The van der Waals surface area contributed by atoms with Gasteiger partial charge in [-0.25, -0.2) is 0 Å². The third-order valence-corrected chi connectivity index (χ3v) is 6.91. The van der Waals surface area contributed by atoms with Crippen LogP contribution in [0.1, 0.15) is 33.1 Å². The van der Waals surface area contributed by atoms with E-state index in [0.717, 1.165) is 25.8 Å². The highest BCUT2D eigenvalue weighted by Crippen LogP contribution is 2.30. The molecule has 2 aliphatic rings. The standard InChI is InChI=1S/C18H33ClN2O5S/c1-5-6-10-7-11(21(3)8-10)17(25)20-12(9(2)19)16-14(23)13(22)15(24)18(26-16)27-4/h9-16,18,22-24H,5-8H2,1-4H3,(H,20,25)/p+1/t9-,10-,11-,12-,13+,14-,15-,16-,18-/m1/s1. The number of amides is 1. The molecule has 1 amide bonds. The van der Waals surface area contributed by atoms with Crippen molar-refractivity contribution in [3.05, 3.63) is 0 Å². The number of nitrogens with one attached hydrogen (secondary N) is 2. The number of hydrogen-bond acceptors (Lipinski definition) is 6. The van der Waals surface area contributed by atoms with Gasteiger partial charge in [-0.1, -0.05) is 13.3 Å². The van der Waals surface area contributed by atoms with Crippen LogP contribution in [-0.4, -0.2) is 88.4 Å². The summed E-state index contributed by atoms with van der Waals surface area (Å²) >= 11 is 7.56. The number of aliphatic hydroxyl groups excluding tert-OH is 3. The third-order valence-electron chi connectivity index (χ3n) is 5.78. The molecule has 9 heteroatoms. The minimum absolute atomic E-state index is 0.110. The number of hydrogen-bond donors (Lipinski definition) is 5. The number of carbonyl (C=O) groups is 1. The van der Waals surface area contributed by atoms with E-state index < -0.39 is 41.3 Å². The smallest absolute Gasteiger partial charge is 0.278 e. The normalized spacial score (nSPS) is 41.9. The Morgan fingerprint density at radius 1 is 1.33 bits per heavy atom. The first-order valence-electron chi connectivity index (χ1n) is 9.70. The Bertz CT molecular complexity index is 498. The number of thioether (sulfide) groups is 1. The van der Waals surface area contributed by atoms with Gasteiger partial charge in [0.25, 0.3) is 5.91 Å². The Morgan fingerprint density at radius 2 is 2.00 bits per heavy atom. The van der Waals surface area contributed by atoms with Gasteiger partial charge in [-0.3, -0.25) is 4.79 Å². The van der Waals surface area contributed by atoms with Crippen molar-refractivity contribution in [2.24, 2.45) is 5.92 Å². The van der Waals surface area contributed by atoms with Crippen molar-refractivity contribution >= 4 is 29.3 Å². The number of carbonyl (C=O) groups excluding carboxylic acids is 1. The molecular weight excluding hydrogens is 392 g/mol. The first kappa shape index (κ1) is 23.2. The average Bonchev–Trinajstić information content (AvgIpc) is 2.99. The van der Waals surface area contributed by atoms with Crippen LogP contribution >= 0.6 is 23.4 Å². The Morgan fingerprint density at radius 3 is 2.56 bits per heavy atom. The number of likely N-dealkylation sites (N-methyl/N-ethyl adjacent to an activating group) is 1. The van der Waals surface area contributed by atoms with Crippen LogP contribution in [-0.2, 0) is 9.53 Å². The van der Waals surface area contributed by atoms with E-state index in [0.29, 0.717) is 5.92 Å². The van der Waals surface area contributed by atoms with Crippen LogP contribution in [0.25, 0.3) is 0 Å². The lowest BCUT2D eigenvalue weighted by molar-refractivity contribution is -0.884. The lowest BCUT2D eigenvalue weighted by Crippen LogP contribution is -3.12. The molecule has 2 heterocycles. The van der Waals surface area contributed by atoms with Crippen LogP contribution in [0.5, 0.6) is 0 Å². The van der Waals surface area contributed by atoms with Gasteiger partial charge in [0, 0.05) is 12.3 Å². The molecule has 2 saturated heterocycles. The van der Waals surface area contributed by atoms with E-state index >= 15 is 0 Å². The molecule has 0 saturated carbocycles. The second-order valence-electron chi connectivity index (χ2n) is 7.88. The van der Waals surface area contributed by atoms with Gasteiger partial charge in [0.2, 0.25) is 0 Å². The predicted octanol–water partition coefficient (Wildman–Crippen LogP) is -1.03. The maximum absolute atomic E-state index is 12.9. The van der Waals surface area contributed by atoms with Gasteiger partial charge in [-0.15, -0.1) is 23.4 Å². The predicted molar refractivity (Wildman–Crippen MR) is 106 cm³/mol. The maximum Gasteiger partial charge on any atom is 0.278 e. The molecule has 1 unspecified atom stereocenters. The van der Waals surface area contributed by atoms with Gasteiger partial charge < -0.3 is 30.3 Å². The highest BCUT2D eigenvalue weighted by atomic mass is 35.5. The van der Waals surface area contributed by atoms with Gasteiger partial charge in [-0.05, 0) is 19.6 Å². The first-order chi connectivity index (χ1) is 12.7. The van der Waals surface area contributed by atoms with Gasteiger partial charge in [0.1, 0.15) is 29.9 Å². The highest BCUT2D eigenvalue weighted by molar-refractivity contribution is 7.99. The number of ether oxygens (including phenoxy) is 1. The fourth-order valence-electron chi connectivity index (χ4n) is 4.26. The zero-order valence-corrected chi connectivity index (χ0v) is 18.0. The summed E-state index contributed by atoms with van der Waals surface area (Å²) < 4.78 is 5.80. The number of quaternary nitrogens is 1. The van der Waals surface area contributed by atoms with Crippen molar-refractivity contribution in [2.75, 3.05) is 19.8 Å². The Hall–Kier alpha value is -0.0900. The van der Waals surface area contributed by atoms with Crippen molar-refractivity contribution in [1.82, 2.24) is 5.32 Å². The number of halogens is 1. The summed E-state index contributed by atoms with van der Waals surface area (Å²) in [5.41, 5.74) is -0.697. The van der Waals surface area contributed by atoms with Crippen LogP contribution in [0.2, 0.25) is 0 Å². The Balaban J connectivity index is 2.09. The monoisotopic (exact) mass is 425 g/mol. The molecule has 0 radical (unpaired) electrons. The molecule has 0 aromatic carbocycles. The molecule has 27 heavy (non-hydrogen) atoms. The average molecular weight is 426 g/mol. The second kappa shape index (κ2) is 10.1. The molecule has 0 aromatic heterocycles. The molecule has 2 rings (SSSR count). The minimum Gasteiger partial charge on any atom is -0.388 e. The summed E-state index contributed by atoms with van der Waals surface area (Å²) in [5, 5.41) is 33.1. The van der Waals surface area contributed by atoms with E-state index in [9.17, 15) is 20.1 Å². The molecule has 0 bridgehead atoms. The summed E-state index contributed by atoms with van der Waals surface area (Å²) in [7, 11) is 2.02. The van der Waals surface area contributed by atoms with E-state index in [1.165, 1.54) is 16.7 Å². The molecule has 0 aliphatic carbocycles. The fourth-order valence-corrected chi connectivity index (χ4v) is 5.15. The molecule has 158 valence electrons. The van der Waals surface area contributed by atoms with Crippen LogP contribution in [0.15, 0.2) is 0 Å². The second-order valence-corrected chi connectivity index (χ2v) is 9.51. The molecule has 2 fully saturated rings. The van der Waals surface area contributed by atoms with E-state index in [1.807, 2.05) is 7.05 Å². The van der Waals surface area contributed by atoms with Gasteiger partial charge >= 0.3 is 0 Å². The molecule has 0 aromatic rings. The van der Waals surface area contributed by atoms with Gasteiger partial charge in [0.15, 0.2) is 6.04 Å². The molecule has 10 atom stereocenters. The molecule has 0 spiro atoms. The zero-order valence-electron chi connectivity index (χ0n) is 16.5. The summed E-state index contributed by atoms with van der Waals surface area (Å²) in [5.74, 6) is 0.424. The van der Waals surface area contributed by atoms with Crippen LogP contribution in [0.3, 0.4) is 0 Å². The largest absolute Gasteiger partial charge is 0.388 e. The number of rotatable bonds is 7. The van der Waals surface area contributed by atoms with Crippen LogP contribution in [0.4, 0.5) is 0 Å². The van der Waals surface area contributed by atoms with Gasteiger partial charge in [-0.2, -0.15) is 0 Å². The number of alkyl halides is 1. The Kier molecular flexibility index (Phi) is 8.67. The van der Waals surface area contributed by atoms with E-state index in [4.69, 9.17) is 16.3 Å². The van der Waals surface area contributed by atoms with Crippen molar-refractivity contribution in [2.45, 2.75) is 80.4 Å². The first-order valence-corrected chi connectivity index (χ1v) is 11.4. The van der Waals surface area contributed by atoms with Crippen LogP contribution < -0.4 is 10.2 Å². The number of likely N-dealkylation sites (tertiary alicyclic amines) is 1. The lowest BCUT2D eigenvalue weighted by atomic mass is 9.92. The van der Waals surface area contributed by atoms with Crippen molar-refractivity contribution in [1.29, 1.82) is 0 Å². The van der Waals surface area contributed by atoms with E-state index in [2.05, 4.69) is 12.2 Å². The highest BCUT2D eigenvalue weighted by Gasteiger charge is 2.49. The fraction of sp³-hybridized carbons (Fsp3) is 0.944. The summed E-state index contributed by atoms with van der Waals surface area (Å²) in [6, 6.07) is -0.837. The van der Waals surface area contributed by atoms with Crippen molar-refractivity contribution in [3.8, 4) is 0 Å². The minimum atomic E-state index is -1.36. The number of aliphatic hydroxyl groups is 3. The van der Waals surface area contributed by atoms with Crippen LogP contribution in [0, 0.1) is 5.92 Å². The third kappa shape index (κ3) is 5.29. The van der Waals surface area contributed by atoms with Crippen molar-refractivity contribution in [3.63, 3.8) is 0 Å². The summed E-state index contributed by atoms with van der Waals surface area (Å²) in [4.78, 5) is 14.1. The molecule has 7 nitrogen and oxygen atoms in total. The quantitative estimate of drug-likeness (QED) is 0.334. The van der Waals surface area contributed by atoms with E-state index in [1.54, 1.807) is 13.2 Å². The Labute approximate surface area is 170 Å². The summed E-state index contributed by atoms with van der Waals surface area (Å²) in [6.07, 6.45) is 0.00196. The molecule has 2 aliphatic heterocycles. The lowest BCUT2D eigenvalue weighted by Gasteiger charge is -2.44. The zero-order chi connectivity index (χ0) is 20.3. The molecule has 5 N–H and O–H groups in total. The maximum atomic E-state index is 12.9.